The fourth-order valence-electron chi connectivity index (χ4n) is 13.8. The van der Waals surface area contributed by atoms with E-state index < -0.39 is 235 Å². The van der Waals surface area contributed by atoms with Gasteiger partial charge in [-0.1, -0.05) is 101 Å². The van der Waals surface area contributed by atoms with E-state index in [-0.39, 0.29) is 73.1 Å². The number of carboxylic acids is 1. The number of benzene rings is 5. The number of aromatic hydroxyl groups is 4. The molecule has 3 heterocycles. The van der Waals surface area contributed by atoms with Gasteiger partial charge >= 0.3 is 5.97 Å². The number of aromatic amines is 2. The SMILES string of the molecule is CC[C@H](C)[C@@H]1NC(=O)[C@H](CC(C)C)NC(=O)[C@@H](Cc2ccc(O)cc2)NC(=O)CSC[C@@H](C(N)=O)NC(=O)[C@H](CO)NC(=O)[C@H](Cc2c[nH]cn2)NC(=O)[C@H](CCC(=O)O)NC(=O)[C@H](C)NC(=O)[C@H](Cc2c[nH]c3ccccc23)NC(=O)[C@H]([C@@H](C)O)NC(=O)[C@H](Cc2ccc(O)cc2)NC(=O)[C@H](Cc2ccc(O)cc2)NC(=O)[C@H](C)NC(=O)[C@H](Cc2ccc(O)cc2)NC1=O. The molecule has 16 atom stereocenters. The minimum absolute atomic E-state index is 0.0657. The molecule has 1 fully saturated rings. The summed E-state index contributed by atoms with van der Waals surface area (Å²) < 4.78 is 0. The lowest BCUT2D eigenvalue weighted by Crippen LogP contribution is -2.62. The van der Waals surface area contributed by atoms with E-state index in [1.165, 1.54) is 123 Å². The van der Waals surface area contributed by atoms with Gasteiger partial charge in [0.1, 0.15) is 108 Å². The normalized spacial score (nSPS) is 23.9. The number of aliphatic hydroxyl groups is 2. The summed E-state index contributed by atoms with van der Waals surface area (Å²) in [5.74, 6) is -20.2. The quantitative estimate of drug-likeness (QED) is 0.0344. The molecule has 1 aliphatic heterocycles. The molecular formula is C88H112N18O23S. The summed E-state index contributed by atoms with van der Waals surface area (Å²) in [4.78, 5) is 241. The van der Waals surface area contributed by atoms with Crippen molar-refractivity contribution in [3.63, 3.8) is 0 Å². The summed E-state index contributed by atoms with van der Waals surface area (Å²) in [7, 11) is 0. The summed E-state index contributed by atoms with van der Waals surface area (Å²) in [6.07, 6.45) is -1.24. The molecule has 0 radical (unpaired) electrons. The summed E-state index contributed by atoms with van der Waals surface area (Å²) in [5.41, 5.74) is 8.25. The van der Waals surface area contributed by atoms with Crippen LogP contribution in [0.2, 0.25) is 0 Å². The Morgan fingerprint density at radius 2 is 0.831 bits per heavy atom. The summed E-state index contributed by atoms with van der Waals surface area (Å²) in [6.45, 7) is 9.19. The van der Waals surface area contributed by atoms with E-state index in [2.05, 4.69) is 89.4 Å². The largest absolute Gasteiger partial charge is 0.508 e. The van der Waals surface area contributed by atoms with Crippen LogP contribution in [0.1, 0.15) is 108 Å². The fraction of sp³-hybridized carbons (Fsp3) is 0.420. The molecule has 0 spiro atoms. The molecule has 130 heavy (non-hydrogen) atoms. The lowest BCUT2D eigenvalue weighted by atomic mass is 9.95. The van der Waals surface area contributed by atoms with E-state index in [1.807, 2.05) is 0 Å². The lowest BCUT2D eigenvalue weighted by molar-refractivity contribution is -0.139. The molecule has 5 aromatic carbocycles. The number of carbonyl (C=O) groups is 16. The van der Waals surface area contributed by atoms with Crippen LogP contribution in [0.15, 0.2) is 140 Å². The number of aliphatic hydroxyl groups excluding tert-OH is 2. The van der Waals surface area contributed by atoms with Crippen LogP contribution in [0.5, 0.6) is 23.0 Å². The number of fused-ring (bicyclic) bond motifs is 1. The average molecular weight is 1820 g/mol. The molecule has 1 aliphatic rings. The smallest absolute Gasteiger partial charge is 0.303 e. The van der Waals surface area contributed by atoms with Crippen LogP contribution in [-0.2, 0) is 115 Å². The Balaban J connectivity index is 1.17. The van der Waals surface area contributed by atoms with Crippen LogP contribution in [0, 0.1) is 11.8 Å². The number of para-hydroxylation sites is 1. The van der Waals surface area contributed by atoms with Crippen molar-refractivity contribution in [3.8, 4) is 23.0 Å². The molecule has 0 unspecified atom stereocenters. The number of imidazole rings is 1. The van der Waals surface area contributed by atoms with Gasteiger partial charge in [0.25, 0.3) is 0 Å². The number of phenolic OH excluding ortho intramolecular Hbond substituents is 4. The molecule has 15 amide bonds. The standard InChI is InChI=1S/C88H112N18O23S/c1-8-45(4)73-87(128)101-64(33-50-15-23-56(110)24-16-50)79(120)93-47(6)77(118)97-65(34-51-17-25-57(111)26-18-51)82(123)99-66(35-52-19-27-58(112)28-20-52)85(126)106-74(48(7)108)88(129)102-67(36-53-38-91-60-12-10-9-11-59(53)60)80(121)94-46(5)76(117)96-61(29-30-72(114)115)78(119)100-68(37-54-39-90-43-92-54)83(124)103-69(40-107)86(127)104-70(75(89)116)41-130-42-71(113)95-63(32-49-13-21-55(109)22-14-49)81(122)98-62(31-44(2)3)84(125)105-73/h9-28,38-39,43-48,61-70,73-74,91,107-112H,8,29-37,40-42H2,1-7H3,(H2,89,116)(H,90,92)(H,93,120)(H,94,121)(H,95,113)(H,96,117)(H,97,118)(H,98,122)(H,99,123)(H,100,119)(H,101,128)(H,102,129)(H,103,124)(H,104,127)(H,105,125)(H,106,126)(H,114,115)/t45-,46-,47-,48+,61-,62-,63+,64-,65-,66-,67-,68-,69-,70-,73-,74-/m0/s1. The number of carbonyl (C=O) groups excluding carboxylic acids is 15. The van der Waals surface area contributed by atoms with Gasteiger partial charge in [0.05, 0.1) is 30.5 Å². The number of carboxylic acid groups (broad SMARTS) is 1. The van der Waals surface area contributed by atoms with Gasteiger partial charge in [-0.2, -0.15) is 0 Å². The number of phenols is 4. The van der Waals surface area contributed by atoms with Gasteiger partial charge in [0, 0.05) is 74.0 Å². The highest BCUT2D eigenvalue weighted by molar-refractivity contribution is 8.00. The molecule has 698 valence electrons. The van der Waals surface area contributed by atoms with Crippen molar-refractivity contribution in [1.82, 2.24) is 89.4 Å². The Kier molecular flexibility index (Phi) is 37.9. The molecule has 41 nitrogen and oxygen atoms in total. The van der Waals surface area contributed by atoms with Crippen LogP contribution in [-0.4, -0.2) is 254 Å². The van der Waals surface area contributed by atoms with Crippen LogP contribution in [0.3, 0.4) is 0 Å². The summed E-state index contributed by atoms with van der Waals surface area (Å²) in [6, 6.07) is 5.14. The van der Waals surface area contributed by atoms with Gasteiger partial charge in [-0.3, -0.25) is 76.7 Å². The molecule has 2 aromatic heterocycles. The van der Waals surface area contributed by atoms with Crippen LogP contribution in [0.4, 0.5) is 0 Å². The van der Waals surface area contributed by atoms with Crippen molar-refractivity contribution in [1.29, 1.82) is 0 Å². The second kappa shape index (κ2) is 48.7. The Bertz CT molecular complexity index is 5120. The highest BCUT2D eigenvalue weighted by Gasteiger charge is 2.40. The second-order valence-corrected chi connectivity index (χ2v) is 33.2. The number of rotatable bonds is 22. The predicted octanol–water partition coefficient (Wildman–Crippen LogP) is -2.14. The van der Waals surface area contributed by atoms with Gasteiger partial charge in [0.2, 0.25) is 88.6 Å². The van der Waals surface area contributed by atoms with Gasteiger partial charge < -0.3 is 126 Å². The van der Waals surface area contributed by atoms with E-state index in [9.17, 15) is 103 Å². The molecule has 42 heteroatoms. The Morgan fingerprint density at radius 1 is 0.446 bits per heavy atom. The van der Waals surface area contributed by atoms with Crippen molar-refractivity contribution in [2.24, 2.45) is 17.6 Å². The van der Waals surface area contributed by atoms with Crippen LogP contribution in [0.25, 0.3) is 10.9 Å². The van der Waals surface area contributed by atoms with E-state index in [0.29, 0.717) is 38.7 Å². The van der Waals surface area contributed by atoms with Crippen molar-refractivity contribution >= 4 is 117 Å². The van der Waals surface area contributed by atoms with E-state index in [0.717, 1.165) is 25.6 Å². The number of thioether (sulfide) groups is 1. The zero-order valence-electron chi connectivity index (χ0n) is 72.4. The molecule has 0 aliphatic carbocycles. The monoisotopic (exact) mass is 1820 g/mol. The minimum Gasteiger partial charge on any atom is -0.508 e. The molecule has 7 aromatic rings. The molecule has 8 rings (SSSR count). The highest BCUT2D eigenvalue weighted by atomic mass is 32.2. The highest BCUT2D eigenvalue weighted by Crippen LogP contribution is 2.23. The molecule has 0 saturated carbocycles. The zero-order valence-corrected chi connectivity index (χ0v) is 73.2. The van der Waals surface area contributed by atoms with Crippen molar-refractivity contribution in [3.05, 3.63) is 174 Å². The first-order valence-corrected chi connectivity index (χ1v) is 43.2. The molecule has 0 bridgehead atoms. The van der Waals surface area contributed by atoms with Crippen LogP contribution < -0.4 is 80.2 Å². The number of aromatic nitrogens is 3. The first-order chi connectivity index (χ1) is 61.7. The number of nitrogens with two attached hydrogens (primary N) is 1. The number of aliphatic carboxylic acids is 1. The number of primary amides is 1. The zero-order chi connectivity index (χ0) is 95.2. The van der Waals surface area contributed by atoms with Crippen molar-refractivity contribution in [2.75, 3.05) is 18.1 Å². The fourth-order valence-corrected chi connectivity index (χ4v) is 14.7. The topological polar surface area (TPSA) is 654 Å². The van der Waals surface area contributed by atoms with Gasteiger partial charge in [-0.05, 0) is 128 Å². The summed E-state index contributed by atoms with van der Waals surface area (Å²) >= 11 is 0.729. The van der Waals surface area contributed by atoms with Crippen LogP contribution >= 0.6 is 11.8 Å². The predicted molar refractivity (Wildman–Crippen MR) is 471 cm³/mol. The maximum atomic E-state index is 15.2. The van der Waals surface area contributed by atoms with Crippen molar-refractivity contribution in [2.45, 2.75) is 203 Å². The number of nitrogens with one attached hydrogen (secondary N) is 16. The minimum atomic E-state index is -2.00. The third-order valence-corrected chi connectivity index (χ3v) is 22.4. The van der Waals surface area contributed by atoms with Gasteiger partial charge in [-0.15, -0.1) is 11.8 Å². The number of H-pyrrole nitrogens is 2. The van der Waals surface area contributed by atoms with Crippen molar-refractivity contribution < 1.29 is 112 Å². The van der Waals surface area contributed by atoms with E-state index in [1.54, 1.807) is 52.0 Å². The Morgan fingerprint density at radius 3 is 1.28 bits per heavy atom. The number of hydrogen-bond acceptors (Lipinski definition) is 24. The van der Waals surface area contributed by atoms with E-state index >= 15 is 9.59 Å². The Labute approximate surface area is 751 Å². The number of nitrogens with zero attached hydrogens (tertiary/aromatic N) is 1. The Hall–Kier alpha value is -14.2. The first-order valence-electron chi connectivity index (χ1n) is 42.0. The number of hydrogen-bond donors (Lipinski definition) is 24. The van der Waals surface area contributed by atoms with Gasteiger partial charge in [-0.25, -0.2) is 4.98 Å². The van der Waals surface area contributed by atoms with E-state index in [4.69, 9.17) is 5.73 Å². The molecule has 1 saturated heterocycles. The maximum absolute atomic E-state index is 15.2. The molecular weight excluding hydrogens is 1710 g/mol. The van der Waals surface area contributed by atoms with Gasteiger partial charge in [0.15, 0.2) is 0 Å². The maximum Gasteiger partial charge on any atom is 0.303 e. The first kappa shape index (κ1) is 101. The third-order valence-electron chi connectivity index (χ3n) is 21.4. The molecule has 25 N–H and O–H groups in total. The number of amides is 15. The summed E-state index contributed by atoms with van der Waals surface area (Å²) in [5, 5.41) is 109. The lowest BCUT2D eigenvalue weighted by Gasteiger charge is -2.30. The second-order valence-electron chi connectivity index (χ2n) is 32.2. The third kappa shape index (κ3) is 31.1. The average Bonchev–Trinajstić information content (AvgIpc) is 1.77.